The lowest BCUT2D eigenvalue weighted by Gasteiger charge is -2.19. The summed E-state index contributed by atoms with van der Waals surface area (Å²) in [5, 5.41) is 16.5. The SMILES string of the molecule is NCC1(O)CCc2[nH]ncc21. The maximum absolute atomic E-state index is 9.86. The normalized spacial score (nSPS) is 28.9. The lowest BCUT2D eigenvalue weighted by Crippen LogP contribution is -2.31. The molecule has 0 saturated heterocycles. The van der Waals surface area contributed by atoms with Crippen LogP contribution in [0.25, 0.3) is 0 Å². The fourth-order valence-electron chi connectivity index (χ4n) is 1.58. The Labute approximate surface area is 64.4 Å². The number of nitrogens with zero attached hydrogens (tertiary/aromatic N) is 1. The van der Waals surface area contributed by atoms with Crippen molar-refractivity contribution in [2.45, 2.75) is 18.4 Å². The van der Waals surface area contributed by atoms with Gasteiger partial charge in [0.2, 0.25) is 0 Å². The summed E-state index contributed by atoms with van der Waals surface area (Å²) in [7, 11) is 0. The average Bonchev–Trinajstić information content (AvgIpc) is 2.55. The number of nitrogens with two attached hydrogens (primary N) is 1. The molecule has 0 spiro atoms. The number of fused-ring (bicyclic) bond motifs is 1. The minimum Gasteiger partial charge on any atom is -0.384 e. The van der Waals surface area contributed by atoms with Crippen LogP contribution in [-0.2, 0) is 12.0 Å². The van der Waals surface area contributed by atoms with Gasteiger partial charge < -0.3 is 10.8 Å². The molecule has 1 unspecified atom stereocenters. The first kappa shape index (κ1) is 6.82. The van der Waals surface area contributed by atoms with Crippen molar-refractivity contribution in [3.8, 4) is 0 Å². The van der Waals surface area contributed by atoms with Crippen molar-refractivity contribution in [2.24, 2.45) is 5.73 Å². The van der Waals surface area contributed by atoms with E-state index in [9.17, 15) is 5.11 Å². The molecule has 1 aromatic rings. The number of H-pyrrole nitrogens is 1. The van der Waals surface area contributed by atoms with Gasteiger partial charge in [-0.25, -0.2) is 0 Å². The average molecular weight is 153 g/mol. The zero-order valence-corrected chi connectivity index (χ0v) is 6.17. The molecule has 0 aromatic carbocycles. The van der Waals surface area contributed by atoms with Crippen molar-refractivity contribution in [3.63, 3.8) is 0 Å². The van der Waals surface area contributed by atoms with E-state index in [-0.39, 0.29) is 6.54 Å². The zero-order chi connectivity index (χ0) is 7.90. The number of aliphatic hydroxyl groups is 1. The molecule has 2 rings (SSSR count). The number of rotatable bonds is 1. The van der Waals surface area contributed by atoms with Crippen molar-refractivity contribution in [1.82, 2.24) is 10.2 Å². The standard InChI is InChI=1S/C7H11N3O/c8-4-7(11)2-1-6-5(7)3-9-10-6/h3,11H,1-2,4,8H2,(H,9,10). The first-order chi connectivity index (χ1) is 5.26. The Balaban J connectivity index is 2.45. The van der Waals surface area contributed by atoms with Crippen LogP contribution in [0.1, 0.15) is 17.7 Å². The Bertz CT molecular complexity index is 270. The molecule has 4 nitrogen and oxygen atoms in total. The summed E-state index contributed by atoms with van der Waals surface area (Å²) >= 11 is 0. The first-order valence-electron chi connectivity index (χ1n) is 3.71. The molecule has 0 saturated carbocycles. The Hall–Kier alpha value is -0.870. The lowest BCUT2D eigenvalue weighted by molar-refractivity contribution is 0.0479. The maximum Gasteiger partial charge on any atom is 0.105 e. The summed E-state index contributed by atoms with van der Waals surface area (Å²) in [6.45, 7) is 0.277. The molecule has 1 aromatic heterocycles. The predicted octanol–water partition coefficient (Wildman–Crippen LogP) is -0.498. The second kappa shape index (κ2) is 2.06. The topological polar surface area (TPSA) is 74.9 Å². The predicted molar refractivity (Wildman–Crippen MR) is 39.9 cm³/mol. The van der Waals surface area contributed by atoms with E-state index in [2.05, 4.69) is 10.2 Å². The summed E-state index contributed by atoms with van der Waals surface area (Å²) in [6.07, 6.45) is 3.23. The molecule has 4 heteroatoms. The fourth-order valence-corrected chi connectivity index (χ4v) is 1.58. The molecule has 0 radical (unpaired) electrons. The summed E-state index contributed by atoms with van der Waals surface area (Å²) in [6, 6.07) is 0. The fraction of sp³-hybridized carbons (Fsp3) is 0.571. The van der Waals surface area contributed by atoms with Gasteiger partial charge in [-0.15, -0.1) is 0 Å². The van der Waals surface area contributed by atoms with Crippen LogP contribution in [0.4, 0.5) is 0 Å². The van der Waals surface area contributed by atoms with Gasteiger partial charge in [0.05, 0.1) is 6.20 Å². The van der Waals surface area contributed by atoms with Gasteiger partial charge >= 0.3 is 0 Å². The highest BCUT2D eigenvalue weighted by molar-refractivity contribution is 5.30. The third-order valence-corrected chi connectivity index (χ3v) is 2.35. The summed E-state index contributed by atoms with van der Waals surface area (Å²) in [5.41, 5.74) is 6.53. The van der Waals surface area contributed by atoms with E-state index < -0.39 is 5.60 Å². The van der Waals surface area contributed by atoms with Crippen LogP contribution in [0.15, 0.2) is 6.20 Å². The highest BCUT2D eigenvalue weighted by Gasteiger charge is 2.36. The second-order valence-electron chi connectivity index (χ2n) is 3.00. The number of hydrogen-bond donors (Lipinski definition) is 3. The van der Waals surface area contributed by atoms with Crippen molar-refractivity contribution in [2.75, 3.05) is 6.54 Å². The molecular formula is C7H11N3O. The zero-order valence-electron chi connectivity index (χ0n) is 6.17. The van der Waals surface area contributed by atoms with Gasteiger partial charge in [-0.1, -0.05) is 0 Å². The molecular weight excluding hydrogens is 142 g/mol. The van der Waals surface area contributed by atoms with Crippen molar-refractivity contribution in [3.05, 3.63) is 17.5 Å². The summed E-state index contributed by atoms with van der Waals surface area (Å²) < 4.78 is 0. The van der Waals surface area contributed by atoms with E-state index in [1.54, 1.807) is 6.20 Å². The van der Waals surface area contributed by atoms with Crippen LogP contribution < -0.4 is 5.73 Å². The van der Waals surface area contributed by atoms with Gasteiger partial charge in [0.15, 0.2) is 0 Å². The Kier molecular flexibility index (Phi) is 1.27. The molecule has 0 bridgehead atoms. The smallest absolute Gasteiger partial charge is 0.105 e. The Morgan fingerprint density at radius 2 is 2.64 bits per heavy atom. The van der Waals surface area contributed by atoms with Crippen molar-refractivity contribution in [1.29, 1.82) is 0 Å². The van der Waals surface area contributed by atoms with Crippen LogP contribution in [0, 0.1) is 0 Å². The molecule has 1 aliphatic carbocycles. The number of aryl methyl sites for hydroxylation is 1. The maximum atomic E-state index is 9.86. The number of hydrogen-bond acceptors (Lipinski definition) is 3. The molecule has 1 atom stereocenters. The van der Waals surface area contributed by atoms with E-state index in [4.69, 9.17) is 5.73 Å². The highest BCUT2D eigenvalue weighted by Crippen LogP contribution is 2.34. The van der Waals surface area contributed by atoms with Crippen molar-refractivity contribution >= 4 is 0 Å². The monoisotopic (exact) mass is 153 g/mol. The van der Waals surface area contributed by atoms with E-state index in [1.807, 2.05) is 0 Å². The number of aromatic amines is 1. The quantitative estimate of drug-likeness (QED) is 0.509. The van der Waals surface area contributed by atoms with Crippen LogP contribution in [0.5, 0.6) is 0 Å². The van der Waals surface area contributed by atoms with Gasteiger partial charge in [-0.2, -0.15) is 5.10 Å². The van der Waals surface area contributed by atoms with E-state index in [0.29, 0.717) is 6.42 Å². The minimum absolute atomic E-state index is 0.277. The van der Waals surface area contributed by atoms with Gasteiger partial charge in [0.1, 0.15) is 5.60 Å². The van der Waals surface area contributed by atoms with Crippen LogP contribution >= 0.6 is 0 Å². The van der Waals surface area contributed by atoms with E-state index in [0.717, 1.165) is 17.7 Å². The molecule has 4 N–H and O–H groups in total. The van der Waals surface area contributed by atoms with E-state index in [1.165, 1.54) is 0 Å². The Morgan fingerprint density at radius 3 is 3.36 bits per heavy atom. The number of aromatic nitrogens is 2. The molecule has 60 valence electrons. The third-order valence-electron chi connectivity index (χ3n) is 2.35. The van der Waals surface area contributed by atoms with Crippen LogP contribution in [0.2, 0.25) is 0 Å². The van der Waals surface area contributed by atoms with Crippen LogP contribution in [0.3, 0.4) is 0 Å². The van der Waals surface area contributed by atoms with Crippen LogP contribution in [-0.4, -0.2) is 21.8 Å². The minimum atomic E-state index is -0.817. The summed E-state index contributed by atoms with van der Waals surface area (Å²) in [5.74, 6) is 0. The highest BCUT2D eigenvalue weighted by atomic mass is 16.3. The van der Waals surface area contributed by atoms with Crippen molar-refractivity contribution < 1.29 is 5.11 Å². The number of nitrogens with one attached hydrogen (secondary N) is 1. The molecule has 0 amide bonds. The molecule has 11 heavy (non-hydrogen) atoms. The molecule has 1 aliphatic rings. The largest absolute Gasteiger partial charge is 0.384 e. The lowest BCUT2D eigenvalue weighted by atomic mass is 9.99. The second-order valence-corrected chi connectivity index (χ2v) is 3.00. The van der Waals surface area contributed by atoms with Gasteiger partial charge in [-0.05, 0) is 12.8 Å². The van der Waals surface area contributed by atoms with Gasteiger partial charge in [0, 0.05) is 17.8 Å². The molecule has 0 aliphatic heterocycles. The molecule has 1 heterocycles. The first-order valence-corrected chi connectivity index (χ1v) is 3.71. The molecule has 0 fully saturated rings. The van der Waals surface area contributed by atoms with E-state index >= 15 is 0 Å². The summed E-state index contributed by atoms with van der Waals surface area (Å²) in [4.78, 5) is 0. The van der Waals surface area contributed by atoms with Gasteiger partial charge in [-0.3, -0.25) is 5.10 Å². The Morgan fingerprint density at radius 1 is 1.82 bits per heavy atom. The van der Waals surface area contributed by atoms with Gasteiger partial charge in [0.25, 0.3) is 0 Å². The third kappa shape index (κ3) is 0.797.